The number of fused-ring (bicyclic) bond motifs is 9. The first-order chi connectivity index (χ1) is 23.7. The number of esters is 1. The number of likely N-dealkylation sites (tertiary alicyclic amines) is 2. The maximum absolute atomic E-state index is 14.2. The Morgan fingerprint density at radius 2 is 1.57 bits per heavy atom. The predicted molar refractivity (Wildman–Crippen MR) is 201 cm³/mol. The fourth-order valence-electron chi connectivity index (χ4n) is 15.4. The van der Waals surface area contributed by atoms with Gasteiger partial charge in [-0.3, -0.25) is 19.3 Å². The van der Waals surface area contributed by atoms with Crippen molar-refractivity contribution < 1.29 is 24.2 Å². The first-order valence-electron chi connectivity index (χ1n) is 20.7. The van der Waals surface area contributed by atoms with Crippen LogP contribution in [0.1, 0.15) is 145 Å². The van der Waals surface area contributed by atoms with Gasteiger partial charge in [0, 0.05) is 37.0 Å². The third kappa shape index (κ3) is 5.69. The molecule has 51 heavy (non-hydrogen) atoms. The zero-order valence-electron chi connectivity index (χ0n) is 33.6. The molecule has 7 nitrogen and oxygen atoms in total. The van der Waals surface area contributed by atoms with Crippen LogP contribution in [-0.2, 0) is 19.1 Å². The van der Waals surface area contributed by atoms with Gasteiger partial charge in [0.2, 0.25) is 5.91 Å². The lowest BCUT2D eigenvalue weighted by molar-refractivity contribution is -0.250. The van der Waals surface area contributed by atoms with E-state index in [2.05, 4.69) is 65.0 Å². The number of amides is 1. The minimum Gasteiger partial charge on any atom is -0.481 e. The summed E-state index contributed by atoms with van der Waals surface area (Å²) in [4.78, 5) is 43.6. The minimum absolute atomic E-state index is 0.0422. The van der Waals surface area contributed by atoms with Crippen molar-refractivity contribution in [3.05, 3.63) is 12.2 Å². The van der Waals surface area contributed by atoms with E-state index in [-0.39, 0.29) is 52.0 Å². The highest BCUT2D eigenvalue weighted by atomic mass is 16.5. The summed E-state index contributed by atoms with van der Waals surface area (Å²) < 4.78 is 6.29. The summed E-state index contributed by atoms with van der Waals surface area (Å²) >= 11 is 0. The fourth-order valence-corrected chi connectivity index (χ4v) is 15.4. The summed E-state index contributed by atoms with van der Waals surface area (Å²) in [5, 5.41) is 9.35. The lowest BCUT2D eigenvalue weighted by Crippen LogP contribution is -2.67. The number of carbonyl (C=O) groups is 3. The van der Waals surface area contributed by atoms with E-state index >= 15 is 0 Å². The maximum Gasteiger partial charge on any atom is 0.306 e. The summed E-state index contributed by atoms with van der Waals surface area (Å²) in [6.45, 7) is 25.1. The van der Waals surface area contributed by atoms with Crippen LogP contribution in [0.15, 0.2) is 12.2 Å². The van der Waals surface area contributed by atoms with Crippen LogP contribution in [0.25, 0.3) is 0 Å². The number of aliphatic carboxylic acids is 1. The van der Waals surface area contributed by atoms with Gasteiger partial charge in [0.1, 0.15) is 6.10 Å². The van der Waals surface area contributed by atoms with E-state index in [0.717, 1.165) is 45.2 Å². The number of hydrogen-bond donors (Lipinski definition) is 1. The summed E-state index contributed by atoms with van der Waals surface area (Å²) in [6.07, 6.45) is 13.4. The number of piperazine rings is 1. The average Bonchev–Trinajstić information content (AvgIpc) is 3.71. The average molecular weight is 707 g/mol. The monoisotopic (exact) mass is 707 g/mol. The Bertz CT molecular complexity index is 1450. The van der Waals surface area contributed by atoms with E-state index in [0.29, 0.717) is 47.6 Å². The van der Waals surface area contributed by atoms with Crippen LogP contribution in [0.4, 0.5) is 0 Å². The molecule has 286 valence electrons. The summed E-state index contributed by atoms with van der Waals surface area (Å²) in [6, 6.07) is 0.954. The predicted octanol–water partition coefficient (Wildman–Crippen LogP) is 8.75. The lowest BCUT2D eigenvalue weighted by atomic mass is 9.32. The molecule has 0 aromatic carbocycles. The Labute approximate surface area is 309 Å². The van der Waals surface area contributed by atoms with Gasteiger partial charge in [-0.05, 0) is 141 Å². The molecule has 7 rings (SSSR count). The van der Waals surface area contributed by atoms with Crippen LogP contribution >= 0.6 is 0 Å². The molecule has 0 spiro atoms. The topological polar surface area (TPSA) is 87.2 Å². The number of likely N-dealkylation sites (N-methyl/N-ethyl adjacent to an activating group) is 1. The smallest absolute Gasteiger partial charge is 0.306 e. The molecule has 5 aliphatic carbocycles. The van der Waals surface area contributed by atoms with Crippen LogP contribution in [0.3, 0.4) is 0 Å². The maximum atomic E-state index is 14.2. The molecule has 7 heteroatoms. The first kappa shape index (κ1) is 37.4. The Hall–Kier alpha value is -1.89. The van der Waals surface area contributed by atoms with E-state index in [9.17, 15) is 19.5 Å². The SMILES string of the molecule is C=C(C)[C@@H]1CC[C@]2(CC(=O)N3CC4CC3CN4C)CC[C@]3(C)[C@H](CC[C@@H]4[C@@]5(C)CC[C@H](OC(=O)CC(C)(C)CC(=O)O)C(C)(C)[C@@H]5CC[C@]43C)[C@@H]12. The Morgan fingerprint density at radius 3 is 2.20 bits per heavy atom. The molecule has 2 heterocycles. The molecule has 0 aromatic heterocycles. The number of allylic oxidation sites excluding steroid dienone is 1. The summed E-state index contributed by atoms with van der Waals surface area (Å²) in [5.74, 6) is 2.06. The normalized spacial score (nSPS) is 45.7. The summed E-state index contributed by atoms with van der Waals surface area (Å²) in [5.41, 5.74) is 1.27. The van der Waals surface area contributed by atoms with Gasteiger partial charge in [-0.25, -0.2) is 0 Å². The molecule has 2 bridgehead atoms. The number of hydrogen-bond acceptors (Lipinski definition) is 5. The Kier molecular flexibility index (Phi) is 9.04. The van der Waals surface area contributed by atoms with Crippen molar-refractivity contribution in [1.82, 2.24) is 9.80 Å². The Balaban J connectivity index is 1.11. The fraction of sp³-hybridized carbons (Fsp3) is 0.886. The molecular formula is C44H70N2O5. The molecule has 12 atom stereocenters. The van der Waals surface area contributed by atoms with Crippen molar-refractivity contribution in [2.24, 2.45) is 62.1 Å². The number of carboxylic acid groups (broad SMARTS) is 1. The van der Waals surface area contributed by atoms with E-state index < -0.39 is 11.4 Å². The highest BCUT2D eigenvalue weighted by Crippen LogP contribution is 2.78. The van der Waals surface area contributed by atoms with Crippen molar-refractivity contribution in [1.29, 1.82) is 0 Å². The van der Waals surface area contributed by atoms with E-state index in [1.54, 1.807) is 0 Å². The number of carboxylic acids is 1. The molecule has 0 aromatic rings. The molecule has 1 N–H and O–H groups in total. The van der Waals surface area contributed by atoms with Gasteiger partial charge in [-0.15, -0.1) is 0 Å². The van der Waals surface area contributed by atoms with Crippen molar-refractivity contribution in [2.75, 3.05) is 20.1 Å². The molecule has 5 saturated carbocycles. The van der Waals surface area contributed by atoms with Gasteiger partial charge in [-0.2, -0.15) is 0 Å². The molecule has 2 aliphatic heterocycles. The van der Waals surface area contributed by atoms with Gasteiger partial charge >= 0.3 is 11.9 Å². The van der Waals surface area contributed by atoms with Crippen LogP contribution in [-0.4, -0.2) is 71.1 Å². The highest BCUT2D eigenvalue weighted by molar-refractivity contribution is 5.78. The van der Waals surface area contributed by atoms with Gasteiger partial charge in [-0.1, -0.05) is 60.6 Å². The second-order valence-corrected chi connectivity index (χ2v) is 21.5. The first-order valence-corrected chi connectivity index (χ1v) is 20.7. The van der Waals surface area contributed by atoms with Gasteiger partial charge < -0.3 is 14.7 Å². The number of rotatable bonds is 8. The molecular weight excluding hydrogens is 636 g/mol. The number of ether oxygens (including phenoxy) is 1. The van der Waals surface area contributed by atoms with E-state index in [1.807, 2.05) is 13.8 Å². The van der Waals surface area contributed by atoms with Crippen molar-refractivity contribution in [3.63, 3.8) is 0 Å². The number of nitrogens with zero attached hydrogens (tertiary/aromatic N) is 2. The van der Waals surface area contributed by atoms with E-state index in [4.69, 9.17) is 4.74 Å². The van der Waals surface area contributed by atoms with E-state index in [1.165, 1.54) is 50.5 Å². The van der Waals surface area contributed by atoms with Crippen LogP contribution in [0, 0.1) is 62.1 Å². The Morgan fingerprint density at radius 1 is 0.843 bits per heavy atom. The van der Waals surface area contributed by atoms with Crippen LogP contribution < -0.4 is 0 Å². The van der Waals surface area contributed by atoms with Gasteiger partial charge in [0.05, 0.1) is 12.8 Å². The van der Waals surface area contributed by atoms with Crippen molar-refractivity contribution in [3.8, 4) is 0 Å². The highest BCUT2D eigenvalue weighted by Gasteiger charge is 2.71. The molecule has 0 radical (unpaired) electrons. The standard InChI is InChI=1S/C44H70N2O5/c1-27(2)30-13-18-44(22-35(47)46-26-28-21-29(46)25-45(28)10)20-19-42(8)31(38(30)44)11-12-33-41(7)16-15-34(40(5,6)32(41)14-17-43(33,42)9)51-37(50)24-39(3,4)23-36(48)49/h28-34,38H,1,11-26H2,2-10H3,(H,48,49)/t28?,29?,30-,31+,32-,33+,34-,38+,41-,42+,43+,44+/m0/s1. The zero-order chi connectivity index (χ0) is 37.1. The van der Waals surface area contributed by atoms with Gasteiger partial charge in [0.15, 0.2) is 0 Å². The third-order valence-corrected chi connectivity index (χ3v) is 18.0. The van der Waals surface area contributed by atoms with Crippen molar-refractivity contribution in [2.45, 2.75) is 163 Å². The number of carbonyl (C=O) groups excluding carboxylic acids is 2. The van der Waals surface area contributed by atoms with Crippen LogP contribution in [0.5, 0.6) is 0 Å². The molecule has 7 aliphatic rings. The van der Waals surface area contributed by atoms with Gasteiger partial charge in [0.25, 0.3) is 0 Å². The second-order valence-electron chi connectivity index (χ2n) is 21.5. The minimum atomic E-state index is -0.877. The molecule has 2 unspecified atom stereocenters. The third-order valence-electron chi connectivity index (χ3n) is 18.0. The lowest BCUT2D eigenvalue weighted by Gasteiger charge is -2.73. The zero-order valence-corrected chi connectivity index (χ0v) is 33.6. The summed E-state index contributed by atoms with van der Waals surface area (Å²) in [7, 11) is 2.22. The molecule has 2 saturated heterocycles. The quantitative estimate of drug-likeness (QED) is 0.201. The largest absolute Gasteiger partial charge is 0.481 e. The molecule has 7 fully saturated rings. The molecule has 1 amide bonds. The van der Waals surface area contributed by atoms with Crippen LogP contribution in [0.2, 0.25) is 0 Å². The second kappa shape index (κ2) is 12.3. The van der Waals surface area contributed by atoms with Crippen molar-refractivity contribution >= 4 is 17.8 Å².